The summed E-state index contributed by atoms with van der Waals surface area (Å²) >= 11 is 5.70. The van der Waals surface area contributed by atoms with Gasteiger partial charge in [-0.1, -0.05) is 23.7 Å². The molecule has 112 valence electrons. The molecule has 0 atom stereocenters. The van der Waals surface area contributed by atoms with Crippen LogP contribution in [0.25, 0.3) is 0 Å². The summed E-state index contributed by atoms with van der Waals surface area (Å²) in [6, 6.07) is 7.07. The van der Waals surface area contributed by atoms with Crippen molar-refractivity contribution in [3.05, 3.63) is 41.2 Å². The molecule has 21 heavy (non-hydrogen) atoms. The van der Waals surface area contributed by atoms with Gasteiger partial charge in [0.1, 0.15) is 10.8 Å². The minimum absolute atomic E-state index is 0.0127. The van der Waals surface area contributed by atoms with Gasteiger partial charge in [0, 0.05) is 0 Å². The quantitative estimate of drug-likeness (QED) is 0.745. The van der Waals surface area contributed by atoms with Gasteiger partial charge in [0.2, 0.25) is 0 Å². The third-order valence-corrected chi connectivity index (χ3v) is 3.01. The Labute approximate surface area is 123 Å². The van der Waals surface area contributed by atoms with E-state index in [-0.39, 0.29) is 33.5 Å². The second-order valence-electron chi connectivity index (χ2n) is 4.06. The van der Waals surface area contributed by atoms with E-state index < -0.39 is 12.4 Å². The molecule has 0 aromatic heterocycles. The van der Waals surface area contributed by atoms with Gasteiger partial charge in [0.05, 0.1) is 22.7 Å². The van der Waals surface area contributed by atoms with Crippen molar-refractivity contribution in [3.8, 4) is 5.75 Å². The van der Waals surface area contributed by atoms with Gasteiger partial charge in [-0.2, -0.15) is 8.78 Å². The lowest BCUT2D eigenvalue weighted by molar-refractivity contribution is -0.0493. The Morgan fingerprint density at radius 1 is 1.14 bits per heavy atom. The smallest absolute Gasteiger partial charge is 0.387 e. The van der Waals surface area contributed by atoms with E-state index in [9.17, 15) is 13.2 Å². The van der Waals surface area contributed by atoms with Crippen LogP contribution in [0.2, 0.25) is 5.02 Å². The predicted molar refractivity (Wildman–Crippen MR) is 76.6 cm³/mol. The van der Waals surface area contributed by atoms with Crippen LogP contribution in [0.4, 0.5) is 35.9 Å². The van der Waals surface area contributed by atoms with Crippen LogP contribution in [0.1, 0.15) is 0 Å². The topological polar surface area (TPSA) is 73.3 Å². The highest BCUT2D eigenvalue weighted by molar-refractivity contribution is 6.33. The van der Waals surface area contributed by atoms with Gasteiger partial charge in [-0.15, -0.1) is 0 Å². The SMILES string of the molecule is Nc1cc(N)c(Nc2ccccc2OC(F)F)c(F)c1Cl. The summed E-state index contributed by atoms with van der Waals surface area (Å²) in [6.45, 7) is -3.01. The summed E-state index contributed by atoms with van der Waals surface area (Å²) in [5.41, 5.74) is 11.1. The molecule has 0 unspecified atom stereocenters. The fraction of sp³-hybridized carbons (Fsp3) is 0.0769. The third-order valence-electron chi connectivity index (χ3n) is 2.63. The summed E-state index contributed by atoms with van der Waals surface area (Å²) in [4.78, 5) is 0. The van der Waals surface area contributed by atoms with Gasteiger partial charge in [-0.25, -0.2) is 4.39 Å². The number of hydrogen-bond acceptors (Lipinski definition) is 4. The normalized spacial score (nSPS) is 10.7. The van der Waals surface area contributed by atoms with Crippen molar-refractivity contribution in [2.24, 2.45) is 0 Å². The van der Waals surface area contributed by atoms with E-state index in [4.69, 9.17) is 23.1 Å². The first-order chi connectivity index (χ1) is 9.90. The van der Waals surface area contributed by atoms with E-state index in [2.05, 4.69) is 10.1 Å². The van der Waals surface area contributed by atoms with Crippen molar-refractivity contribution in [2.75, 3.05) is 16.8 Å². The Morgan fingerprint density at radius 2 is 1.81 bits per heavy atom. The standard InChI is InChI=1S/C13H11ClF3N3O/c14-10-6(18)5-7(19)12(11(10)15)20-8-3-1-2-4-9(8)21-13(16)17/h1-5,13,20H,18-19H2. The lowest BCUT2D eigenvalue weighted by atomic mass is 10.2. The van der Waals surface area contributed by atoms with E-state index in [1.54, 1.807) is 6.07 Å². The van der Waals surface area contributed by atoms with Crippen molar-refractivity contribution in [3.63, 3.8) is 0 Å². The van der Waals surface area contributed by atoms with Gasteiger partial charge < -0.3 is 21.5 Å². The van der Waals surface area contributed by atoms with Crippen molar-refractivity contribution in [1.82, 2.24) is 0 Å². The Balaban J connectivity index is 2.42. The number of hydrogen-bond donors (Lipinski definition) is 3. The molecular weight excluding hydrogens is 307 g/mol. The second kappa shape index (κ2) is 6.01. The number of nitrogen functional groups attached to an aromatic ring is 2. The number of rotatable bonds is 4. The first kappa shape index (κ1) is 15.1. The van der Waals surface area contributed by atoms with Crippen LogP contribution in [0.15, 0.2) is 30.3 Å². The van der Waals surface area contributed by atoms with Gasteiger partial charge in [0.25, 0.3) is 0 Å². The fourth-order valence-electron chi connectivity index (χ4n) is 1.70. The Morgan fingerprint density at radius 3 is 2.48 bits per heavy atom. The molecule has 2 aromatic rings. The summed E-state index contributed by atoms with van der Waals surface area (Å²) in [5, 5.41) is 2.28. The molecule has 0 fully saturated rings. The number of nitrogens with two attached hydrogens (primary N) is 2. The van der Waals surface area contributed by atoms with E-state index in [1.807, 2.05) is 0 Å². The molecule has 0 bridgehead atoms. The number of benzene rings is 2. The highest BCUT2D eigenvalue weighted by Crippen LogP contribution is 2.37. The molecule has 5 N–H and O–H groups in total. The molecular formula is C13H11ClF3N3O. The molecule has 0 radical (unpaired) electrons. The Hall–Kier alpha value is -2.28. The molecule has 0 aliphatic heterocycles. The van der Waals surface area contributed by atoms with Crippen LogP contribution in [-0.2, 0) is 0 Å². The minimum atomic E-state index is -3.01. The fourth-order valence-corrected chi connectivity index (χ4v) is 1.85. The molecule has 0 aliphatic carbocycles. The maximum absolute atomic E-state index is 14.1. The number of nitrogens with one attached hydrogen (secondary N) is 1. The Kier molecular flexibility index (Phi) is 4.32. The lowest BCUT2D eigenvalue weighted by Crippen LogP contribution is -2.06. The zero-order chi connectivity index (χ0) is 15.6. The molecule has 0 amide bonds. The van der Waals surface area contributed by atoms with E-state index in [1.165, 1.54) is 24.3 Å². The molecule has 0 saturated carbocycles. The largest absolute Gasteiger partial charge is 0.433 e. The maximum atomic E-state index is 14.1. The number of ether oxygens (including phenoxy) is 1. The molecule has 0 saturated heterocycles. The van der Waals surface area contributed by atoms with Crippen LogP contribution in [0.5, 0.6) is 5.75 Å². The highest BCUT2D eigenvalue weighted by Gasteiger charge is 2.16. The monoisotopic (exact) mass is 317 g/mol. The van der Waals surface area contributed by atoms with E-state index in [0.717, 1.165) is 0 Å². The first-order valence-corrected chi connectivity index (χ1v) is 6.11. The minimum Gasteiger partial charge on any atom is -0.433 e. The van der Waals surface area contributed by atoms with Crippen LogP contribution in [0.3, 0.4) is 0 Å². The highest BCUT2D eigenvalue weighted by atomic mass is 35.5. The third kappa shape index (κ3) is 3.25. The van der Waals surface area contributed by atoms with Crippen molar-refractivity contribution in [2.45, 2.75) is 6.61 Å². The van der Waals surface area contributed by atoms with E-state index >= 15 is 0 Å². The Bertz CT molecular complexity index is 667. The molecule has 0 aliphatic rings. The second-order valence-corrected chi connectivity index (χ2v) is 4.44. The van der Waals surface area contributed by atoms with Gasteiger partial charge >= 0.3 is 6.61 Å². The summed E-state index contributed by atoms with van der Waals surface area (Å²) in [7, 11) is 0. The maximum Gasteiger partial charge on any atom is 0.387 e. The molecule has 2 aromatic carbocycles. The lowest BCUT2D eigenvalue weighted by Gasteiger charge is -2.15. The summed E-state index contributed by atoms with van der Waals surface area (Å²) in [5.74, 6) is -1.03. The predicted octanol–water partition coefficient (Wildman–Crippen LogP) is 3.99. The van der Waals surface area contributed by atoms with Crippen molar-refractivity contribution < 1.29 is 17.9 Å². The summed E-state index contributed by atoms with van der Waals surface area (Å²) < 4.78 is 43.1. The average molecular weight is 318 g/mol. The van der Waals surface area contributed by atoms with E-state index in [0.29, 0.717) is 0 Å². The van der Waals surface area contributed by atoms with Crippen LogP contribution in [-0.4, -0.2) is 6.61 Å². The van der Waals surface area contributed by atoms with Gasteiger partial charge in [0.15, 0.2) is 5.82 Å². The number of alkyl halides is 2. The molecule has 8 heteroatoms. The van der Waals surface area contributed by atoms with Gasteiger partial charge in [-0.3, -0.25) is 0 Å². The van der Waals surface area contributed by atoms with Crippen LogP contribution < -0.4 is 21.5 Å². The molecule has 2 rings (SSSR count). The summed E-state index contributed by atoms with van der Waals surface area (Å²) in [6.07, 6.45) is 0. The van der Waals surface area contributed by atoms with Crippen LogP contribution >= 0.6 is 11.6 Å². The number of anilines is 4. The van der Waals surface area contributed by atoms with Crippen LogP contribution in [0, 0.1) is 5.82 Å². The molecule has 0 heterocycles. The molecule has 0 spiro atoms. The zero-order valence-electron chi connectivity index (χ0n) is 10.5. The number of halogens is 4. The molecule has 4 nitrogen and oxygen atoms in total. The van der Waals surface area contributed by atoms with Crippen molar-refractivity contribution >= 4 is 34.4 Å². The average Bonchev–Trinajstić information content (AvgIpc) is 2.42. The zero-order valence-corrected chi connectivity index (χ0v) is 11.3. The first-order valence-electron chi connectivity index (χ1n) is 5.74. The van der Waals surface area contributed by atoms with Crippen molar-refractivity contribution in [1.29, 1.82) is 0 Å². The van der Waals surface area contributed by atoms with Gasteiger partial charge in [-0.05, 0) is 18.2 Å². The number of para-hydroxylation sites is 2.